The van der Waals surface area contributed by atoms with Gasteiger partial charge in [-0.15, -0.1) is 0 Å². The van der Waals surface area contributed by atoms with Crippen LogP contribution in [0, 0.1) is 5.41 Å². The number of hydrogen-bond donors (Lipinski definition) is 0. The van der Waals surface area contributed by atoms with Gasteiger partial charge in [-0.2, -0.15) is 0 Å². The van der Waals surface area contributed by atoms with Gasteiger partial charge in [0.25, 0.3) is 0 Å². The molecule has 1 fully saturated rings. The molecular weight excluding hydrogens is 328 g/mol. The van der Waals surface area contributed by atoms with Gasteiger partial charge in [-0.05, 0) is 71.6 Å². The Morgan fingerprint density at radius 1 is 0.963 bits per heavy atom. The highest BCUT2D eigenvalue weighted by atomic mass is 16.5. The number of ether oxygens (including phenoxy) is 1. The molecule has 0 bridgehead atoms. The van der Waals surface area contributed by atoms with Gasteiger partial charge >= 0.3 is 0 Å². The summed E-state index contributed by atoms with van der Waals surface area (Å²) in [5, 5.41) is 0. The third-order valence-electron chi connectivity index (χ3n) is 6.67. The van der Waals surface area contributed by atoms with E-state index in [0.717, 1.165) is 5.76 Å². The molecule has 0 aromatic heterocycles. The molecule has 0 atom stereocenters. The maximum atomic E-state index is 5.96. The van der Waals surface area contributed by atoms with Crippen molar-refractivity contribution in [3.63, 3.8) is 0 Å². The van der Waals surface area contributed by atoms with Crippen LogP contribution >= 0.6 is 0 Å². The zero-order valence-corrected chi connectivity index (χ0v) is 19.0. The molecule has 0 N–H and O–H groups in total. The Morgan fingerprint density at radius 2 is 1.52 bits per heavy atom. The van der Waals surface area contributed by atoms with Crippen molar-refractivity contribution in [1.82, 2.24) is 0 Å². The van der Waals surface area contributed by atoms with Crippen LogP contribution in [0.25, 0.3) is 0 Å². The molecule has 3 rings (SSSR count). The van der Waals surface area contributed by atoms with E-state index in [1.54, 1.807) is 0 Å². The van der Waals surface area contributed by atoms with E-state index < -0.39 is 0 Å². The maximum Gasteiger partial charge on any atom is 0.113 e. The molecule has 1 aromatic rings. The second-order valence-corrected chi connectivity index (χ2v) is 9.79. The molecule has 2 aliphatic rings. The Kier molecular flexibility index (Phi) is 6.34. The fourth-order valence-corrected chi connectivity index (χ4v) is 3.94. The fourth-order valence-electron chi connectivity index (χ4n) is 3.94. The summed E-state index contributed by atoms with van der Waals surface area (Å²) in [5.41, 5.74) is 6.55. The first-order valence-corrected chi connectivity index (χ1v) is 10.7. The Morgan fingerprint density at radius 3 is 2.07 bits per heavy atom. The molecule has 0 radical (unpaired) electrons. The predicted molar refractivity (Wildman–Crippen MR) is 118 cm³/mol. The van der Waals surface area contributed by atoms with E-state index in [9.17, 15) is 0 Å². The van der Waals surface area contributed by atoms with E-state index in [-0.39, 0.29) is 10.8 Å². The van der Waals surface area contributed by atoms with Crippen molar-refractivity contribution in [1.29, 1.82) is 0 Å². The van der Waals surface area contributed by atoms with Crippen LogP contribution in [0.4, 0.5) is 0 Å². The summed E-state index contributed by atoms with van der Waals surface area (Å²) in [5.74, 6) is 0.780. The van der Waals surface area contributed by atoms with Crippen LogP contribution in [0.15, 0.2) is 42.2 Å². The second-order valence-electron chi connectivity index (χ2n) is 9.79. The molecule has 1 aromatic carbocycles. The van der Waals surface area contributed by atoms with Crippen LogP contribution in [-0.2, 0) is 22.2 Å². The number of allylic oxidation sites excluding steroid dienone is 2. The van der Waals surface area contributed by atoms with Crippen molar-refractivity contribution in [3.8, 4) is 0 Å². The molecule has 0 amide bonds. The zero-order chi connectivity index (χ0) is 20.5. The largest absolute Gasteiger partial charge is 0.490 e. The molecule has 1 heteroatoms. The minimum absolute atomic E-state index is 0.245. The molecule has 0 saturated heterocycles. The summed E-state index contributed by atoms with van der Waals surface area (Å²) in [6.07, 6.45) is 7.20. The zero-order valence-electron chi connectivity index (χ0n) is 19.0. The first-order chi connectivity index (χ1) is 12.5. The smallest absolute Gasteiger partial charge is 0.113 e. The van der Waals surface area contributed by atoms with E-state index in [0.29, 0.717) is 12.0 Å². The van der Waals surface area contributed by atoms with Crippen molar-refractivity contribution in [3.05, 3.63) is 58.9 Å². The van der Waals surface area contributed by atoms with E-state index in [1.165, 1.54) is 47.9 Å². The van der Waals surface area contributed by atoms with Crippen molar-refractivity contribution in [2.75, 3.05) is 0 Å². The summed E-state index contributed by atoms with van der Waals surface area (Å²) in [6, 6.07) is 6.92. The molecule has 0 unspecified atom stereocenters. The number of hydrogen-bond acceptors (Lipinski definition) is 1. The molecule has 1 saturated carbocycles. The number of fused-ring (bicyclic) bond motifs is 1. The van der Waals surface area contributed by atoms with Crippen molar-refractivity contribution >= 4 is 0 Å². The standard InChI is InChI=1S/C24H34O.C2H6/c1-17(24(7)12-13-24)14-18(2)25-16-19-8-9-20-21(15-19)23(5,6)11-10-22(20,3)4;1-2/h8-9,14-15H,2,10-13,16H2,1,3-7H3;1-2H3/b17-14+;. The van der Waals surface area contributed by atoms with Crippen molar-refractivity contribution in [2.45, 2.75) is 98.5 Å². The Hall–Kier alpha value is -1.50. The van der Waals surface area contributed by atoms with Gasteiger partial charge in [-0.25, -0.2) is 0 Å². The van der Waals surface area contributed by atoms with Gasteiger partial charge in [0.05, 0.1) is 0 Å². The van der Waals surface area contributed by atoms with Gasteiger partial charge in [0.1, 0.15) is 12.4 Å². The molecule has 2 aliphatic carbocycles. The average molecular weight is 369 g/mol. The highest BCUT2D eigenvalue weighted by Crippen LogP contribution is 2.51. The van der Waals surface area contributed by atoms with Gasteiger partial charge in [0, 0.05) is 0 Å². The third kappa shape index (κ3) is 4.86. The quantitative estimate of drug-likeness (QED) is 0.380. The molecule has 0 spiro atoms. The summed E-state index contributed by atoms with van der Waals surface area (Å²) < 4.78 is 5.96. The van der Waals surface area contributed by atoms with Gasteiger partial charge in [0.2, 0.25) is 0 Å². The van der Waals surface area contributed by atoms with Crippen LogP contribution in [-0.4, -0.2) is 0 Å². The molecule has 0 heterocycles. The fraction of sp³-hybridized carbons (Fsp3) is 0.615. The highest BCUT2D eigenvalue weighted by Gasteiger charge is 2.39. The predicted octanol–water partition coefficient (Wildman–Crippen LogP) is 7.84. The monoisotopic (exact) mass is 368 g/mol. The minimum Gasteiger partial charge on any atom is -0.490 e. The van der Waals surface area contributed by atoms with Crippen LogP contribution in [0.3, 0.4) is 0 Å². The maximum absolute atomic E-state index is 5.96. The van der Waals surface area contributed by atoms with E-state index in [1.807, 2.05) is 13.8 Å². The molecular formula is C26H40O. The first-order valence-electron chi connectivity index (χ1n) is 10.7. The summed E-state index contributed by atoms with van der Waals surface area (Å²) >= 11 is 0. The Balaban J connectivity index is 0.00000126. The molecule has 27 heavy (non-hydrogen) atoms. The first kappa shape index (κ1) is 21.8. The molecule has 150 valence electrons. The Bertz CT molecular complexity index is 714. The average Bonchev–Trinajstić information content (AvgIpc) is 3.38. The lowest BCUT2D eigenvalue weighted by molar-refractivity contribution is 0.211. The number of benzene rings is 1. The van der Waals surface area contributed by atoms with Crippen LogP contribution in [0.1, 0.15) is 97.8 Å². The normalized spacial score (nSPS) is 21.4. The van der Waals surface area contributed by atoms with Crippen molar-refractivity contribution in [2.24, 2.45) is 5.41 Å². The summed E-state index contributed by atoms with van der Waals surface area (Å²) in [4.78, 5) is 0. The van der Waals surface area contributed by atoms with Crippen LogP contribution in [0.5, 0.6) is 0 Å². The summed E-state index contributed by atoms with van der Waals surface area (Å²) in [7, 11) is 0. The van der Waals surface area contributed by atoms with Gasteiger partial charge in [-0.1, -0.05) is 78.8 Å². The van der Waals surface area contributed by atoms with E-state index in [4.69, 9.17) is 4.74 Å². The molecule has 0 aliphatic heterocycles. The lowest BCUT2D eigenvalue weighted by Gasteiger charge is -2.42. The van der Waals surface area contributed by atoms with Crippen LogP contribution in [0.2, 0.25) is 0 Å². The minimum atomic E-state index is 0.245. The lowest BCUT2D eigenvalue weighted by atomic mass is 9.63. The third-order valence-corrected chi connectivity index (χ3v) is 6.67. The summed E-state index contributed by atoms with van der Waals surface area (Å²) in [6.45, 7) is 22.7. The topological polar surface area (TPSA) is 9.23 Å². The Labute approximate surface area is 167 Å². The SMILES string of the molecule is C=C(/C=C(\C)C1(C)CC1)OCc1ccc2c(c1)C(C)(C)CCC2(C)C.CC. The van der Waals surface area contributed by atoms with E-state index in [2.05, 4.69) is 72.4 Å². The van der Waals surface area contributed by atoms with Crippen molar-refractivity contribution < 1.29 is 4.74 Å². The number of rotatable bonds is 5. The van der Waals surface area contributed by atoms with E-state index >= 15 is 0 Å². The van der Waals surface area contributed by atoms with Gasteiger partial charge in [-0.3, -0.25) is 0 Å². The van der Waals surface area contributed by atoms with Gasteiger partial charge < -0.3 is 4.74 Å². The van der Waals surface area contributed by atoms with Crippen LogP contribution < -0.4 is 0 Å². The second kappa shape index (κ2) is 7.86. The molecule has 1 nitrogen and oxygen atoms in total. The highest BCUT2D eigenvalue weighted by molar-refractivity contribution is 5.43. The van der Waals surface area contributed by atoms with Gasteiger partial charge in [0.15, 0.2) is 0 Å². The lowest BCUT2D eigenvalue weighted by Crippen LogP contribution is -2.33.